The summed E-state index contributed by atoms with van der Waals surface area (Å²) in [6, 6.07) is 11.5. The van der Waals surface area contributed by atoms with E-state index in [0.717, 1.165) is 37.2 Å². The monoisotopic (exact) mass is 385 g/mol. The van der Waals surface area contributed by atoms with Crippen molar-refractivity contribution in [1.82, 2.24) is 24.6 Å². The largest absolute Gasteiger partial charge is 0.339 e. The maximum absolute atomic E-state index is 12.7. The van der Waals surface area contributed by atoms with Crippen LogP contribution < -0.4 is 0 Å². The van der Waals surface area contributed by atoms with Gasteiger partial charge in [-0.25, -0.2) is 0 Å². The quantitative estimate of drug-likeness (QED) is 0.716. The highest BCUT2D eigenvalue weighted by Gasteiger charge is 2.29. The van der Waals surface area contributed by atoms with E-state index in [1.54, 1.807) is 0 Å². The number of hydrogen-bond donors (Lipinski definition) is 0. The Kier molecular flexibility index (Phi) is 5.50. The average Bonchev–Trinajstić information content (AvgIpc) is 3.48. The maximum atomic E-state index is 12.7. The Morgan fingerprint density at radius 1 is 1.15 bits per heavy atom. The van der Waals surface area contributed by atoms with Crippen LogP contribution in [0.25, 0.3) is 0 Å². The predicted octanol–water partition coefficient (Wildman–Crippen LogP) is 2.92. The minimum Gasteiger partial charge on any atom is -0.339 e. The number of carbonyl (C=O) groups is 1. The second kappa shape index (κ2) is 8.02. The van der Waals surface area contributed by atoms with Crippen molar-refractivity contribution in [2.45, 2.75) is 43.9 Å². The number of amides is 1. The van der Waals surface area contributed by atoms with Gasteiger partial charge < -0.3 is 9.47 Å². The fourth-order valence-corrected chi connectivity index (χ4v) is 4.67. The molecule has 1 aliphatic carbocycles. The second-order valence-electron chi connectivity index (χ2n) is 7.42. The van der Waals surface area contributed by atoms with Crippen LogP contribution in [0.3, 0.4) is 0 Å². The molecule has 27 heavy (non-hydrogen) atoms. The normalized spacial score (nSPS) is 19.3. The lowest BCUT2D eigenvalue weighted by molar-refractivity contribution is -0.130. The van der Waals surface area contributed by atoms with E-state index in [9.17, 15) is 4.79 Å². The van der Waals surface area contributed by atoms with E-state index in [4.69, 9.17) is 0 Å². The molecular weight excluding hydrogens is 358 g/mol. The second-order valence-corrected chi connectivity index (χ2v) is 8.37. The van der Waals surface area contributed by atoms with Crippen LogP contribution in [-0.2, 0) is 4.79 Å². The van der Waals surface area contributed by atoms with E-state index in [0.29, 0.717) is 17.8 Å². The number of nitrogens with zero attached hydrogens (tertiary/aromatic N) is 5. The molecule has 6 nitrogen and oxygen atoms in total. The standard InChI is InChI=1S/C20H27N5OS/c1-15(17-6-4-3-5-7-17)23-10-12-24(13-11-23)19(26)14-27-20-22-21-16(2)25(20)18-8-9-18/h3-7,15,18H,8-14H2,1-2H3/t15-/m0/s1. The van der Waals surface area contributed by atoms with Gasteiger partial charge in [-0.1, -0.05) is 42.1 Å². The molecule has 1 aromatic carbocycles. The molecule has 1 aromatic heterocycles. The Hall–Kier alpha value is -1.86. The van der Waals surface area contributed by atoms with E-state index < -0.39 is 0 Å². The Labute approximate surface area is 164 Å². The van der Waals surface area contributed by atoms with Crippen molar-refractivity contribution in [3.8, 4) is 0 Å². The van der Waals surface area contributed by atoms with Crippen LogP contribution in [0.2, 0.25) is 0 Å². The fraction of sp³-hybridized carbons (Fsp3) is 0.550. The third-order valence-corrected chi connectivity index (χ3v) is 6.50. The zero-order valence-electron chi connectivity index (χ0n) is 16.0. The SMILES string of the molecule is Cc1nnc(SCC(=O)N2CCN([C@@H](C)c3ccccc3)CC2)n1C1CC1. The first kappa shape index (κ1) is 18.5. The molecule has 4 rings (SSSR count). The van der Waals surface area contributed by atoms with Crippen LogP contribution >= 0.6 is 11.8 Å². The van der Waals surface area contributed by atoms with Crippen molar-refractivity contribution in [1.29, 1.82) is 0 Å². The molecule has 1 saturated carbocycles. The molecule has 7 heteroatoms. The first-order chi connectivity index (χ1) is 13.1. The molecule has 1 atom stereocenters. The number of benzene rings is 1. The van der Waals surface area contributed by atoms with E-state index in [-0.39, 0.29) is 5.91 Å². The minimum atomic E-state index is 0.204. The Morgan fingerprint density at radius 2 is 1.85 bits per heavy atom. The topological polar surface area (TPSA) is 54.3 Å². The van der Waals surface area contributed by atoms with Crippen molar-refractivity contribution in [3.05, 3.63) is 41.7 Å². The van der Waals surface area contributed by atoms with Crippen LogP contribution in [-0.4, -0.2) is 62.4 Å². The van der Waals surface area contributed by atoms with Gasteiger partial charge in [-0.15, -0.1) is 10.2 Å². The van der Waals surface area contributed by atoms with Gasteiger partial charge in [0.25, 0.3) is 0 Å². The molecule has 0 bridgehead atoms. The lowest BCUT2D eigenvalue weighted by atomic mass is 10.1. The zero-order chi connectivity index (χ0) is 18.8. The van der Waals surface area contributed by atoms with E-state index in [2.05, 4.69) is 56.9 Å². The number of aromatic nitrogens is 3. The van der Waals surface area contributed by atoms with Gasteiger partial charge >= 0.3 is 0 Å². The van der Waals surface area contributed by atoms with Gasteiger partial charge in [-0.3, -0.25) is 9.69 Å². The molecule has 2 heterocycles. The summed E-state index contributed by atoms with van der Waals surface area (Å²) in [6.45, 7) is 7.67. The summed E-state index contributed by atoms with van der Waals surface area (Å²) in [5.74, 6) is 1.60. The summed E-state index contributed by atoms with van der Waals surface area (Å²) in [5, 5.41) is 9.34. The van der Waals surface area contributed by atoms with Crippen LogP contribution in [0.4, 0.5) is 0 Å². The van der Waals surface area contributed by atoms with Gasteiger partial charge in [-0.2, -0.15) is 0 Å². The number of aryl methyl sites for hydroxylation is 1. The van der Waals surface area contributed by atoms with Gasteiger partial charge in [0.05, 0.1) is 5.75 Å². The fourth-order valence-electron chi connectivity index (χ4n) is 3.72. The minimum absolute atomic E-state index is 0.204. The first-order valence-corrected chi connectivity index (χ1v) is 10.7. The molecular formula is C20H27N5OS. The zero-order valence-corrected chi connectivity index (χ0v) is 16.9. The highest BCUT2D eigenvalue weighted by atomic mass is 32.2. The number of hydrogen-bond acceptors (Lipinski definition) is 5. The van der Waals surface area contributed by atoms with Gasteiger partial charge in [0.15, 0.2) is 5.16 Å². The Bertz CT molecular complexity index is 781. The summed E-state index contributed by atoms with van der Waals surface area (Å²) in [7, 11) is 0. The van der Waals surface area contributed by atoms with Crippen molar-refractivity contribution in [2.75, 3.05) is 31.9 Å². The maximum Gasteiger partial charge on any atom is 0.233 e. The highest BCUT2D eigenvalue weighted by Crippen LogP contribution is 2.38. The molecule has 0 unspecified atom stereocenters. The Balaban J connectivity index is 1.28. The molecule has 0 radical (unpaired) electrons. The van der Waals surface area contributed by atoms with Crippen molar-refractivity contribution in [2.24, 2.45) is 0 Å². The van der Waals surface area contributed by atoms with Gasteiger partial charge in [-0.05, 0) is 32.3 Å². The molecule has 1 amide bonds. The summed E-state index contributed by atoms with van der Waals surface area (Å²) in [6.07, 6.45) is 2.39. The van der Waals surface area contributed by atoms with Crippen molar-refractivity contribution in [3.63, 3.8) is 0 Å². The third-order valence-electron chi connectivity index (χ3n) is 5.57. The molecule has 0 N–H and O–H groups in total. The van der Waals surface area contributed by atoms with E-state index in [1.165, 1.54) is 30.2 Å². The van der Waals surface area contributed by atoms with E-state index >= 15 is 0 Å². The average molecular weight is 386 g/mol. The predicted molar refractivity (Wildman–Crippen MR) is 107 cm³/mol. The number of carbonyl (C=O) groups excluding carboxylic acids is 1. The lowest BCUT2D eigenvalue weighted by Gasteiger charge is -2.38. The van der Waals surface area contributed by atoms with Gasteiger partial charge in [0, 0.05) is 38.3 Å². The molecule has 2 fully saturated rings. The molecule has 2 aromatic rings. The molecule has 0 spiro atoms. The number of thioether (sulfide) groups is 1. The van der Waals surface area contributed by atoms with E-state index in [1.807, 2.05) is 11.8 Å². The van der Waals surface area contributed by atoms with Gasteiger partial charge in [0.2, 0.25) is 5.91 Å². The third kappa shape index (κ3) is 4.19. The van der Waals surface area contributed by atoms with Crippen LogP contribution in [0, 0.1) is 6.92 Å². The molecule has 1 aliphatic heterocycles. The summed E-state index contributed by atoms with van der Waals surface area (Å²) in [5.41, 5.74) is 1.34. The number of rotatable bonds is 6. The number of piperazine rings is 1. The first-order valence-electron chi connectivity index (χ1n) is 9.74. The Morgan fingerprint density at radius 3 is 2.52 bits per heavy atom. The van der Waals surface area contributed by atoms with Crippen molar-refractivity contribution < 1.29 is 4.79 Å². The van der Waals surface area contributed by atoms with Crippen LogP contribution in [0.15, 0.2) is 35.5 Å². The molecule has 144 valence electrons. The molecule has 2 aliphatic rings. The van der Waals surface area contributed by atoms with Crippen LogP contribution in [0.1, 0.15) is 43.2 Å². The summed E-state index contributed by atoms with van der Waals surface area (Å²) >= 11 is 1.53. The van der Waals surface area contributed by atoms with Crippen molar-refractivity contribution >= 4 is 17.7 Å². The highest BCUT2D eigenvalue weighted by molar-refractivity contribution is 7.99. The summed E-state index contributed by atoms with van der Waals surface area (Å²) in [4.78, 5) is 17.1. The van der Waals surface area contributed by atoms with Crippen LogP contribution in [0.5, 0.6) is 0 Å². The lowest BCUT2D eigenvalue weighted by Crippen LogP contribution is -2.49. The molecule has 1 saturated heterocycles. The smallest absolute Gasteiger partial charge is 0.233 e. The summed E-state index contributed by atoms with van der Waals surface area (Å²) < 4.78 is 2.19. The van der Waals surface area contributed by atoms with Gasteiger partial charge in [0.1, 0.15) is 5.82 Å².